The van der Waals surface area contributed by atoms with Gasteiger partial charge in [-0.1, -0.05) is 38.7 Å². The smallest absolute Gasteiger partial charge is 0.330 e. The Morgan fingerprint density at radius 2 is 1.94 bits per heavy atom. The molecular weight excluding hydrogens is 214 g/mol. The fourth-order valence-corrected chi connectivity index (χ4v) is 1.52. The highest BCUT2D eigenvalue weighted by molar-refractivity contribution is 5.81. The molecular formula is C14H27NO2. The Labute approximate surface area is 106 Å². The molecule has 1 N–H and O–H groups in total. The Bertz CT molecular complexity index is 202. The Morgan fingerprint density at radius 3 is 2.65 bits per heavy atom. The maximum absolute atomic E-state index is 11.2. The van der Waals surface area contributed by atoms with Gasteiger partial charge in [-0.2, -0.15) is 0 Å². The fraction of sp³-hybridized carbons (Fsp3) is 0.786. The number of unbranched alkanes of at least 4 members (excludes halogenated alkanes) is 5. The zero-order valence-electron chi connectivity index (χ0n) is 11.3. The van der Waals surface area contributed by atoms with Gasteiger partial charge in [-0.25, -0.2) is 4.79 Å². The van der Waals surface area contributed by atoms with Crippen LogP contribution < -0.4 is 5.32 Å². The number of allylic oxidation sites excluding steroid dienone is 1. The minimum absolute atomic E-state index is 0.213. The number of ether oxygens (including phenoxy) is 1. The van der Waals surface area contributed by atoms with Gasteiger partial charge in [0.25, 0.3) is 0 Å². The number of hydrogen-bond acceptors (Lipinski definition) is 3. The van der Waals surface area contributed by atoms with E-state index in [9.17, 15) is 4.79 Å². The highest BCUT2D eigenvalue weighted by Crippen LogP contribution is 2.05. The van der Waals surface area contributed by atoms with Crippen molar-refractivity contribution in [2.24, 2.45) is 0 Å². The van der Waals surface area contributed by atoms with Crippen LogP contribution in [0.1, 0.15) is 51.9 Å². The van der Waals surface area contributed by atoms with Crippen LogP contribution in [0.3, 0.4) is 0 Å². The second kappa shape index (κ2) is 13.2. The van der Waals surface area contributed by atoms with Crippen LogP contribution in [-0.4, -0.2) is 26.2 Å². The number of carbonyl (C=O) groups is 1. The maximum atomic E-state index is 11.2. The first-order valence-corrected chi connectivity index (χ1v) is 6.79. The third-order valence-corrected chi connectivity index (χ3v) is 2.54. The molecule has 3 heteroatoms. The van der Waals surface area contributed by atoms with E-state index in [1.54, 1.807) is 6.08 Å². The molecule has 100 valence electrons. The SMILES string of the molecule is CCCCCCC/C=C/C(=O)OCCCNC. The number of hydrogen-bond donors (Lipinski definition) is 1. The molecule has 17 heavy (non-hydrogen) atoms. The van der Waals surface area contributed by atoms with Gasteiger partial charge in [0.2, 0.25) is 0 Å². The maximum Gasteiger partial charge on any atom is 0.330 e. The molecule has 0 radical (unpaired) electrons. The molecule has 0 unspecified atom stereocenters. The van der Waals surface area contributed by atoms with Crippen LogP contribution in [0.15, 0.2) is 12.2 Å². The van der Waals surface area contributed by atoms with E-state index < -0.39 is 0 Å². The molecule has 0 spiro atoms. The van der Waals surface area contributed by atoms with Crippen molar-refractivity contribution in [2.75, 3.05) is 20.2 Å². The average molecular weight is 241 g/mol. The van der Waals surface area contributed by atoms with Gasteiger partial charge >= 0.3 is 5.97 Å². The van der Waals surface area contributed by atoms with Gasteiger partial charge in [0.05, 0.1) is 6.61 Å². The number of rotatable bonds is 11. The van der Waals surface area contributed by atoms with E-state index in [0.717, 1.165) is 19.4 Å². The molecule has 0 aliphatic carbocycles. The standard InChI is InChI=1S/C14H27NO2/c1-3-4-5-6-7-8-9-11-14(16)17-13-10-12-15-2/h9,11,15H,3-8,10,12-13H2,1-2H3/b11-9+. The predicted molar refractivity (Wildman–Crippen MR) is 72.0 cm³/mol. The molecule has 0 fully saturated rings. The molecule has 0 aromatic heterocycles. The van der Waals surface area contributed by atoms with Gasteiger partial charge in [-0.05, 0) is 32.9 Å². The van der Waals surface area contributed by atoms with E-state index >= 15 is 0 Å². The number of esters is 1. The lowest BCUT2D eigenvalue weighted by Crippen LogP contribution is -2.12. The van der Waals surface area contributed by atoms with Crippen LogP contribution >= 0.6 is 0 Å². The Kier molecular flexibility index (Phi) is 12.6. The van der Waals surface area contributed by atoms with Crippen molar-refractivity contribution >= 4 is 5.97 Å². The Morgan fingerprint density at radius 1 is 1.18 bits per heavy atom. The summed E-state index contributed by atoms with van der Waals surface area (Å²) < 4.78 is 5.02. The van der Waals surface area contributed by atoms with Crippen molar-refractivity contribution < 1.29 is 9.53 Å². The summed E-state index contributed by atoms with van der Waals surface area (Å²) in [6, 6.07) is 0. The van der Waals surface area contributed by atoms with Crippen LogP contribution in [0.2, 0.25) is 0 Å². The number of carbonyl (C=O) groups excluding carboxylic acids is 1. The average Bonchev–Trinajstić information content (AvgIpc) is 2.33. The lowest BCUT2D eigenvalue weighted by molar-refractivity contribution is -0.137. The van der Waals surface area contributed by atoms with Crippen molar-refractivity contribution in [3.05, 3.63) is 12.2 Å². The minimum atomic E-state index is -0.213. The van der Waals surface area contributed by atoms with Crippen LogP contribution in [0.4, 0.5) is 0 Å². The molecule has 0 aromatic rings. The zero-order chi connectivity index (χ0) is 12.8. The lowest BCUT2D eigenvalue weighted by atomic mass is 10.1. The van der Waals surface area contributed by atoms with Crippen molar-refractivity contribution in [2.45, 2.75) is 51.9 Å². The van der Waals surface area contributed by atoms with E-state index in [1.165, 1.54) is 32.1 Å². The molecule has 0 rings (SSSR count). The monoisotopic (exact) mass is 241 g/mol. The second-order valence-corrected chi connectivity index (χ2v) is 4.23. The summed E-state index contributed by atoms with van der Waals surface area (Å²) in [5.41, 5.74) is 0. The summed E-state index contributed by atoms with van der Waals surface area (Å²) in [6.07, 6.45) is 11.7. The summed E-state index contributed by atoms with van der Waals surface area (Å²) in [5, 5.41) is 3.01. The molecule has 0 aliphatic heterocycles. The van der Waals surface area contributed by atoms with Gasteiger partial charge in [0, 0.05) is 6.08 Å². The van der Waals surface area contributed by atoms with Gasteiger partial charge < -0.3 is 10.1 Å². The van der Waals surface area contributed by atoms with Crippen molar-refractivity contribution in [1.82, 2.24) is 5.32 Å². The molecule has 0 saturated heterocycles. The highest BCUT2D eigenvalue weighted by atomic mass is 16.5. The van der Waals surface area contributed by atoms with Crippen molar-refractivity contribution in [3.8, 4) is 0 Å². The van der Waals surface area contributed by atoms with Crippen molar-refractivity contribution in [3.63, 3.8) is 0 Å². The normalized spacial score (nSPS) is 10.9. The molecule has 0 saturated carbocycles. The van der Waals surface area contributed by atoms with E-state index in [1.807, 2.05) is 13.1 Å². The zero-order valence-corrected chi connectivity index (χ0v) is 11.3. The summed E-state index contributed by atoms with van der Waals surface area (Å²) in [7, 11) is 1.89. The number of nitrogens with one attached hydrogen (secondary N) is 1. The fourth-order valence-electron chi connectivity index (χ4n) is 1.52. The molecule has 0 aliphatic rings. The van der Waals surface area contributed by atoms with Crippen LogP contribution in [-0.2, 0) is 9.53 Å². The second-order valence-electron chi connectivity index (χ2n) is 4.23. The lowest BCUT2D eigenvalue weighted by Gasteiger charge is -2.01. The molecule has 0 bridgehead atoms. The van der Waals surface area contributed by atoms with E-state index in [-0.39, 0.29) is 5.97 Å². The molecule has 0 amide bonds. The third-order valence-electron chi connectivity index (χ3n) is 2.54. The topological polar surface area (TPSA) is 38.3 Å². The Balaban J connectivity index is 3.28. The first-order chi connectivity index (χ1) is 8.31. The van der Waals surface area contributed by atoms with Crippen molar-refractivity contribution in [1.29, 1.82) is 0 Å². The molecule has 0 aromatic carbocycles. The van der Waals surface area contributed by atoms with E-state index in [0.29, 0.717) is 6.61 Å². The summed E-state index contributed by atoms with van der Waals surface area (Å²) in [6.45, 7) is 3.60. The van der Waals surface area contributed by atoms with Gasteiger partial charge in [0.1, 0.15) is 0 Å². The summed E-state index contributed by atoms with van der Waals surface area (Å²) in [4.78, 5) is 11.2. The largest absolute Gasteiger partial charge is 0.462 e. The third kappa shape index (κ3) is 13.1. The van der Waals surface area contributed by atoms with E-state index in [4.69, 9.17) is 4.74 Å². The molecule has 0 atom stereocenters. The van der Waals surface area contributed by atoms with Gasteiger partial charge in [-0.15, -0.1) is 0 Å². The van der Waals surface area contributed by atoms with Crippen LogP contribution in [0.5, 0.6) is 0 Å². The van der Waals surface area contributed by atoms with Crippen LogP contribution in [0.25, 0.3) is 0 Å². The molecule has 0 heterocycles. The summed E-state index contributed by atoms with van der Waals surface area (Å²) in [5.74, 6) is -0.213. The highest BCUT2D eigenvalue weighted by Gasteiger charge is 1.95. The van der Waals surface area contributed by atoms with Crippen LogP contribution in [0, 0.1) is 0 Å². The van der Waals surface area contributed by atoms with Gasteiger partial charge in [0.15, 0.2) is 0 Å². The summed E-state index contributed by atoms with van der Waals surface area (Å²) >= 11 is 0. The predicted octanol–water partition coefficient (Wildman–Crippen LogP) is 3.06. The van der Waals surface area contributed by atoms with E-state index in [2.05, 4.69) is 12.2 Å². The molecule has 3 nitrogen and oxygen atoms in total. The van der Waals surface area contributed by atoms with Gasteiger partial charge in [-0.3, -0.25) is 0 Å². The quantitative estimate of drug-likeness (QED) is 0.343. The first kappa shape index (κ1) is 16.2. The minimum Gasteiger partial charge on any atom is -0.462 e. The first-order valence-electron chi connectivity index (χ1n) is 6.79. The Hall–Kier alpha value is -0.830.